The number of aromatic hydroxyl groups is 1. The van der Waals surface area contributed by atoms with E-state index in [1.165, 1.54) is 31.3 Å². The largest absolute Gasteiger partial charge is 0.504 e. The average Bonchev–Trinajstić information content (AvgIpc) is 3.64. The number of aliphatic hydroxyl groups excluding tert-OH is 1. The highest BCUT2D eigenvalue weighted by molar-refractivity contribution is 5.83. The van der Waals surface area contributed by atoms with Crippen molar-refractivity contribution in [2.75, 3.05) is 13.2 Å². The maximum absolute atomic E-state index is 10.3. The lowest BCUT2D eigenvalue weighted by Crippen LogP contribution is -2.13. The first-order valence-electron chi connectivity index (χ1n) is 13.5. The molecule has 4 rings (SSSR count). The van der Waals surface area contributed by atoms with Gasteiger partial charge in [-0.2, -0.15) is 11.6 Å². The molecule has 1 fully saturated rings. The van der Waals surface area contributed by atoms with Crippen molar-refractivity contribution in [3.05, 3.63) is 59.2 Å². The van der Waals surface area contributed by atoms with E-state index in [1.54, 1.807) is 6.07 Å². The van der Waals surface area contributed by atoms with Gasteiger partial charge in [0.1, 0.15) is 12.2 Å². The fourth-order valence-corrected chi connectivity index (χ4v) is 5.41. The van der Waals surface area contributed by atoms with Crippen molar-refractivity contribution in [1.29, 1.82) is 0 Å². The van der Waals surface area contributed by atoms with E-state index in [2.05, 4.69) is 24.9 Å². The molecule has 1 aliphatic carbocycles. The molecule has 0 radical (unpaired) electrons. The maximum Gasteiger partial charge on any atom is 0.176 e. The van der Waals surface area contributed by atoms with Crippen LogP contribution in [0.5, 0.6) is 11.5 Å². The van der Waals surface area contributed by atoms with Crippen LogP contribution in [0, 0.1) is 24.0 Å². The smallest absolute Gasteiger partial charge is 0.176 e. The van der Waals surface area contributed by atoms with Crippen LogP contribution in [0.25, 0.3) is 0 Å². The van der Waals surface area contributed by atoms with Crippen molar-refractivity contribution in [2.24, 2.45) is 16.8 Å². The van der Waals surface area contributed by atoms with Gasteiger partial charge in [0.05, 0.1) is 12.5 Å². The van der Waals surface area contributed by atoms with Gasteiger partial charge in [-0.25, -0.2) is 0 Å². The molecule has 5 nitrogen and oxygen atoms in total. The third-order valence-corrected chi connectivity index (χ3v) is 7.70. The number of ether oxygens (including phenoxy) is 2. The van der Waals surface area contributed by atoms with Gasteiger partial charge in [0.2, 0.25) is 0 Å². The third kappa shape index (κ3) is 6.86. The van der Waals surface area contributed by atoms with Crippen LogP contribution >= 0.6 is 0 Å². The van der Waals surface area contributed by atoms with E-state index in [-0.39, 0.29) is 18.5 Å². The maximum atomic E-state index is 10.3. The molecular formula is C30H41NO4. The number of aliphatic imine (C=N–C) groups is 1. The molecule has 0 spiro atoms. The quantitative estimate of drug-likeness (QED) is 0.317. The van der Waals surface area contributed by atoms with E-state index in [9.17, 15) is 10.2 Å². The van der Waals surface area contributed by atoms with E-state index < -0.39 is 0 Å². The molecule has 0 amide bonds. The Bertz CT molecular complexity index is 915. The molecule has 5 heteroatoms. The van der Waals surface area contributed by atoms with Gasteiger partial charge in [-0.3, -0.25) is 0 Å². The molecule has 1 saturated carbocycles. The number of hydrogen-bond acceptors (Lipinski definition) is 5. The lowest BCUT2D eigenvalue weighted by molar-refractivity contribution is 0.103. The highest BCUT2D eigenvalue weighted by Crippen LogP contribution is 2.37. The number of rotatable bonds is 13. The molecule has 190 valence electrons. The fourth-order valence-electron chi connectivity index (χ4n) is 5.41. The summed E-state index contributed by atoms with van der Waals surface area (Å²) in [6.45, 7) is 5.02. The summed E-state index contributed by atoms with van der Waals surface area (Å²) in [6.07, 6.45) is 18.0. The van der Waals surface area contributed by atoms with Gasteiger partial charge in [0.15, 0.2) is 23.8 Å². The van der Waals surface area contributed by atoms with Gasteiger partial charge < -0.3 is 19.7 Å². The lowest BCUT2D eigenvalue weighted by atomic mass is 9.86. The number of aryl methyl sites for hydroxylation is 1. The summed E-state index contributed by atoms with van der Waals surface area (Å²) in [4.78, 5) is 4.61. The van der Waals surface area contributed by atoms with E-state index in [1.807, 2.05) is 24.4 Å². The molecule has 2 unspecified atom stereocenters. The normalized spacial score (nSPS) is 21.1. The predicted molar refractivity (Wildman–Crippen MR) is 140 cm³/mol. The molecule has 1 aromatic rings. The Morgan fingerprint density at radius 3 is 2.89 bits per heavy atom. The minimum atomic E-state index is 0.0140. The van der Waals surface area contributed by atoms with Crippen LogP contribution < -0.4 is 4.74 Å². The first-order valence-corrected chi connectivity index (χ1v) is 13.5. The SMILES string of the molecule is CCCCC1O[C-](CCc2ccc(O)c(OCC[C+]3C=C(C(C)C4CCCC4)C=N3)c2)C=C1CO. The molecule has 0 bridgehead atoms. The summed E-state index contributed by atoms with van der Waals surface area (Å²) in [5.74, 6) is 2.04. The summed E-state index contributed by atoms with van der Waals surface area (Å²) in [5, 5.41) is 19.9. The zero-order chi connectivity index (χ0) is 24.6. The third-order valence-electron chi connectivity index (χ3n) is 7.70. The van der Waals surface area contributed by atoms with Crippen LogP contribution in [0.15, 0.2) is 46.5 Å². The van der Waals surface area contributed by atoms with Crippen LogP contribution in [0.2, 0.25) is 0 Å². The second-order valence-electron chi connectivity index (χ2n) is 10.2. The number of unbranched alkanes of at least 4 members (excludes halogenated alkanes) is 1. The summed E-state index contributed by atoms with van der Waals surface area (Å²) in [5.41, 5.74) is 3.41. The predicted octanol–water partition coefficient (Wildman–Crippen LogP) is 6.50. The lowest BCUT2D eigenvalue weighted by Gasteiger charge is -2.24. The van der Waals surface area contributed by atoms with Crippen molar-refractivity contribution in [2.45, 2.75) is 84.2 Å². The zero-order valence-corrected chi connectivity index (χ0v) is 21.3. The van der Waals surface area contributed by atoms with Crippen LogP contribution in [0.1, 0.15) is 77.2 Å². The van der Waals surface area contributed by atoms with Crippen LogP contribution in [0.4, 0.5) is 0 Å². The van der Waals surface area contributed by atoms with Crippen molar-refractivity contribution < 1.29 is 19.7 Å². The monoisotopic (exact) mass is 479 g/mol. The van der Waals surface area contributed by atoms with Crippen LogP contribution in [-0.2, 0) is 11.2 Å². The summed E-state index contributed by atoms with van der Waals surface area (Å²) in [7, 11) is 0. The molecule has 1 aromatic carbocycles. The summed E-state index contributed by atoms with van der Waals surface area (Å²) in [6, 6.07) is 6.60. The van der Waals surface area contributed by atoms with Gasteiger partial charge >= 0.3 is 0 Å². The van der Waals surface area contributed by atoms with Crippen molar-refractivity contribution >= 4 is 6.21 Å². The van der Waals surface area contributed by atoms with Gasteiger partial charge in [0, 0.05) is 18.6 Å². The Labute approximate surface area is 211 Å². The molecule has 35 heavy (non-hydrogen) atoms. The second kappa shape index (κ2) is 12.5. The molecular weight excluding hydrogens is 438 g/mol. The van der Waals surface area contributed by atoms with Crippen LogP contribution in [-0.4, -0.2) is 35.7 Å². The standard InChI is InChI=1S/C30H41NO4/c1-3-4-9-29-25(20-32)18-27(35-29)12-10-22-11-13-28(33)30(16-22)34-15-14-26-17-24(19-31-26)21(2)23-7-5-6-8-23/h11,13,16-19,21,23,29,32-33H,3-10,12,14-15,20H2,1-2H3. The summed E-state index contributed by atoms with van der Waals surface area (Å²) < 4.78 is 12.0. The Morgan fingerprint density at radius 1 is 1.29 bits per heavy atom. The number of nitrogens with zero attached hydrogens (tertiary/aromatic N) is 1. The minimum Gasteiger partial charge on any atom is -0.504 e. The second-order valence-corrected chi connectivity index (χ2v) is 10.2. The Balaban J connectivity index is 1.24. The number of allylic oxidation sites excluding steroid dienone is 1. The fraction of sp³-hybridized carbons (Fsp3) is 0.567. The number of benzene rings is 1. The van der Waals surface area contributed by atoms with E-state index in [0.717, 1.165) is 67.7 Å². The first-order chi connectivity index (χ1) is 17.1. The van der Waals surface area contributed by atoms with Gasteiger partial charge in [0.25, 0.3) is 0 Å². The Hall–Kier alpha value is -2.37. The minimum absolute atomic E-state index is 0.0140. The highest BCUT2D eigenvalue weighted by atomic mass is 16.5. The molecule has 2 aliphatic heterocycles. The van der Waals surface area contributed by atoms with Gasteiger partial charge in [-0.15, -0.1) is 4.99 Å². The first kappa shape index (κ1) is 25.7. The molecule has 2 atom stereocenters. The molecule has 2 heterocycles. The van der Waals surface area contributed by atoms with Gasteiger partial charge in [-0.1, -0.05) is 51.2 Å². The number of phenols is 1. The molecule has 0 aromatic heterocycles. The Morgan fingerprint density at radius 2 is 2.11 bits per heavy atom. The van der Waals surface area contributed by atoms with Crippen molar-refractivity contribution in [3.8, 4) is 11.5 Å². The molecule has 0 saturated heterocycles. The number of hydrogen-bond donors (Lipinski definition) is 2. The topological polar surface area (TPSA) is 71.3 Å². The van der Waals surface area contributed by atoms with Crippen LogP contribution in [0.3, 0.4) is 0 Å². The van der Waals surface area contributed by atoms with Gasteiger partial charge in [-0.05, 0) is 56.2 Å². The number of aliphatic hydroxyl groups is 1. The van der Waals surface area contributed by atoms with Crippen molar-refractivity contribution in [1.82, 2.24) is 0 Å². The molecule has 3 aliphatic rings. The highest BCUT2D eigenvalue weighted by Gasteiger charge is 2.32. The van der Waals surface area contributed by atoms with E-state index in [0.29, 0.717) is 18.3 Å². The molecule has 2 N–H and O–H groups in total. The average molecular weight is 480 g/mol. The van der Waals surface area contributed by atoms with E-state index >= 15 is 0 Å². The zero-order valence-electron chi connectivity index (χ0n) is 21.3. The summed E-state index contributed by atoms with van der Waals surface area (Å²) >= 11 is 0. The van der Waals surface area contributed by atoms with E-state index in [4.69, 9.17) is 9.47 Å². The van der Waals surface area contributed by atoms with Crippen molar-refractivity contribution in [3.63, 3.8) is 0 Å². The number of phenolic OH excluding ortho intramolecular Hbond substituents is 1. The Kier molecular flexibility index (Phi) is 9.22.